The zero-order valence-electron chi connectivity index (χ0n) is 13.5. The molecule has 1 aliphatic heterocycles. The Hall–Kier alpha value is -2.13. The van der Waals surface area contributed by atoms with Gasteiger partial charge in [-0.15, -0.1) is 0 Å². The second-order valence-electron chi connectivity index (χ2n) is 5.75. The number of ether oxygens (including phenoxy) is 1. The predicted molar refractivity (Wildman–Crippen MR) is 81.8 cm³/mol. The lowest BCUT2D eigenvalue weighted by molar-refractivity contribution is -0.137. The van der Waals surface area contributed by atoms with E-state index in [0.717, 1.165) is 12.1 Å². The van der Waals surface area contributed by atoms with Gasteiger partial charge < -0.3 is 20.1 Å². The van der Waals surface area contributed by atoms with E-state index >= 15 is 0 Å². The third-order valence-corrected chi connectivity index (χ3v) is 4.09. The second-order valence-corrected chi connectivity index (χ2v) is 5.75. The van der Waals surface area contributed by atoms with Crippen LogP contribution in [0.5, 0.6) is 0 Å². The van der Waals surface area contributed by atoms with Crippen molar-refractivity contribution in [3.63, 3.8) is 0 Å². The molecule has 2 amide bonds. The Kier molecular flexibility index (Phi) is 6.02. The highest BCUT2D eigenvalue weighted by molar-refractivity contribution is 5.95. The zero-order valence-corrected chi connectivity index (χ0v) is 13.5. The molecule has 1 saturated heterocycles. The Morgan fingerprint density at radius 1 is 1.40 bits per heavy atom. The number of amides is 2. The SMILES string of the molecule is CO[C@@H]1C[C@@H](CNC(=O)CO)N(C(=O)c2cccc(C(F)(F)F)c2)C1. The molecule has 6 nitrogen and oxygen atoms in total. The van der Waals surface area contributed by atoms with Gasteiger partial charge in [0.15, 0.2) is 0 Å². The third-order valence-electron chi connectivity index (χ3n) is 4.09. The number of carbonyl (C=O) groups is 2. The van der Waals surface area contributed by atoms with Gasteiger partial charge in [-0.1, -0.05) is 6.07 Å². The van der Waals surface area contributed by atoms with Gasteiger partial charge in [0.2, 0.25) is 5.91 Å². The summed E-state index contributed by atoms with van der Waals surface area (Å²) in [5.74, 6) is -1.15. The fraction of sp³-hybridized carbons (Fsp3) is 0.500. The van der Waals surface area contributed by atoms with Crippen LogP contribution in [0.15, 0.2) is 24.3 Å². The van der Waals surface area contributed by atoms with Crippen molar-refractivity contribution < 1.29 is 32.6 Å². The molecule has 0 spiro atoms. The van der Waals surface area contributed by atoms with Crippen molar-refractivity contribution in [1.29, 1.82) is 0 Å². The molecule has 0 aliphatic carbocycles. The number of rotatable bonds is 5. The number of nitrogens with zero attached hydrogens (tertiary/aromatic N) is 1. The number of hydrogen-bond acceptors (Lipinski definition) is 4. The van der Waals surface area contributed by atoms with E-state index in [2.05, 4.69) is 5.32 Å². The Morgan fingerprint density at radius 2 is 2.12 bits per heavy atom. The quantitative estimate of drug-likeness (QED) is 0.823. The summed E-state index contributed by atoms with van der Waals surface area (Å²) < 4.78 is 43.7. The molecule has 1 fully saturated rings. The van der Waals surface area contributed by atoms with Crippen molar-refractivity contribution >= 4 is 11.8 Å². The number of aliphatic hydroxyl groups is 1. The van der Waals surface area contributed by atoms with Gasteiger partial charge in [0.1, 0.15) is 6.61 Å². The molecule has 0 saturated carbocycles. The molecule has 2 N–H and O–H groups in total. The van der Waals surface area contributed by atoms with Gasteiger partial charge >= 0.3 is 6.18 Å². The van der Waals surface area contributed by atoms with Crippen molar-refractivity contribution in [2.75, 3.05) is 26.8 Å². The standard InChI is InChI=1S/C16H19F3N2O4/c1-25-13-6-12(7-20-14(23)9-22)21(8-13)15(24)10-3-2-4-11(5-10)16(17,18)19/h2-5,12-13,22H,6-9H2,1H3,(H,20,23)/t12-,13+/m0/s1. The number of alkyl halides is 3. The van der Waals surface area contributed by atoms with E-state index < -0.39 is 36.2 Å². The molecule has 0 unspecified atom stereocenters. The van der Waals surface area contributed by atoms with Gasteiger partial charge in [-0.25, -0.2) is 0 Å². The second kappa shape index (κ2) is 7.83. The highest BCUT2D eigenvalue weighted by Gasteiger charge is 2.37. The van der Waals surface area contributed by atoms with Gasteiger partial charge in [0.25, 0.3) is 5.91 Å². The van der Waals surface area contributed by atoms with E-state index in [9.17, 15) is 22.8 Å². The normalized spacial score (nSPS) is 20.6. The summed E-state index contributed by atoms with van der Waals surface area (Å²) in [5, 5.41) is 11.2. The van der Waals surface area contributed by atoms with Crippen molar-refractivity contribution in [2.24, 2.45) is 0 Å². The van der Waals surface area contributed by atoms with E-state index in [1.165, 1.54) is 24.1 Å². The third kappa shape index (κ3) is 4.70. The molecule has 0 aromatic heterocycles. The summed E-state index contributed by atoms with van der Waals surface area (Å²) in [7, 11) is 1.48. The molecule has 0 radical (unpaired) electrons. The summed E-state index contributed by atoms with van der Waals surface area (Å²) in [6.45, 7) is -0.378. The maximum absolute atomic E-state index is 12.8. The number of methoxy groups -OCH3 is 1. The van der Waals surface area contributed by atoms with Crippen LogP contribution in [-0.2, 0) is 15.7 Å². The molecule has 1 aromatic carbocycles. The van der Waals surface area contributed by atoms with E-state index in [4.69, 9.17) is 9.84 Å². The van der Waals surface area contributed by atoms with Gasteiger partial charge in [-0.3, -0.25) is 9.59 Å². The van der Waals surface area contributed by atoms with Crippen LogP contribution in [0.3, 0.4) is 0 Å². The van der Waals surface area contributed by atoms with Crippen molar-refractivity contribution in [2.45, 2.75) is 24.7 Å². The summed E-state index contributed by atoms with van der Waals surface area (Å²) >= 11 is 0. The summed E-state index contributed by atoms with van der Waals surface area (Å²) in [4.78, 5) is 25.2. The minimum absolute atomic E-state index is 0.0786. The molecule has 9 heteroatoms. The van der Waals surface area contributed by atoms with Crippen LogP contribution < -0.4 is 5.32 Å². The van der Waals surface area contributed by atoms with Crippen LogP contribution in [0.25, 0.3) is 0 Å². The van der Waals surface area contributed by atoms with E-state index in [1.54, 1.807) is 0 Å². The monoisotopic (exact) mass is 360 g/mol. The molecule has 2 atom stereocenters. The number of halogens is 3. The smallest absolute Gasteiger partial charge is 0.387 e. The number of hydrogen-bond donors (Lipinski definition) is 2. The molecule has 0 bridgehead atoms. The van der Waals surface area contributed by atoms with E-state index in [-0.39, 0.29) is 24.8 Å². The topological polar surface area (TPSA) is 78.9 Å². The van der Waals surface area contributed by atoms with Gasteiger partial charge in [-0.05, 0) is 24.6 Å². The minimum atomic E-state index is -4.54. The fourth-order valence-electron chi connectivity index (χ4n) is 2.77. The van der Waals surface area contributed by atoms with Gasteiger partial charge in [0, 0.05) is 25.8 Å². The van der Waals surface area contributed by atoms with E-state index in [0.29, 0.717) is 6.42 Å². The Bertz CT molecular complexity index is 636. The van der Waals surface area contributed by atoms with Crippen LogP contribution in [-0.4, -0.2) is 60.8 Å². The predicted octanol–water partition coefficient (Wildman–Crippen LogP) is 1.04. The molecular weight excluding hydrogens is 341 g/mol. The van der Waals surface area contributed by atoms with Crippen LogP contribution >= 0.6 is 0 Å². The van der Waals surface area contributed by atoms with Gasteiger partial charge in [-0.2, -0.15) is 13.2 Å². The average molecular weight is 360 g/mol. The first-order valence-electron chi connectivity index (χ1n) is 7.64. The number of likely N-dealkylation sites (tertiary alicyclic amines) is 1. The van der Waals surface area contributed by atoms with Crippen molar-refractivity contribution in [1.82, 2.24) is 10.2 Å². The molecular formula is C16H19F3N2O4. The Labute approximate surface area is 142 Å². The lowest BCUT2D eigenvalue weighted by Gasteiger charge is -2.25. The van der Waals surface area contributed by atoms with Crippen LogP contribution in [0.4, 0.5) is 13.2 Å². The maximum atomic E-state index is 12.8. The van der Waals surface area contributed by atoms with Crippen molar-refractivity contribution in [3.05, 3.63) is 35.4 Å². The zero-order chi connectivity index (χ0) is 18.6. The largest absolute Gasteiger partial charge is 0.416 e. The first-order valence-corrected chi connectivity index (χ1v) is 7.64. The Balaban J connectivity index is 2.18. The first-order chi connectivity index (χ1) is 11.8. The molecule has 1 aliphatic rings. The number of nitrogens with one attached hydrogen (secondary N) is 1. The Morgan fingerprint density at radius 3 is 2.72 bits per heavy atom. The minimum Gasteiger partial charge on any atom is -0.387 e. The summed E-state index contributed by atoms with van der Waals surface area (Å²) in [6, 6.07) is 3.79. The molecule has 2 rings (SSSR count). The van der Waals surface area contributed by atoms with Crippen LogP contribution in [0.1, 0.15) is 22.3 Å². The molecule has 1 aromatic rings. The summed E-state index contributed by atoms with van der Waals surface area (Å²) in [5.41, 5.74) is -0.976. The van der Waals surface area contributed by atoms with Gasteiger partial charge in [0.05, 0.1) is 17.7 Å². The fourth-order valence-corrected chi connectivity index (χ4v) is 2.77. The van der Waals surface area contributed by atoms with Crippen LogP contribution in [0, 0.1) is 0 Å². The summed E-state index contributed by atoms with van der Waals surface area (Å²) in [6.07, 6.45) is -4.37. The molecule has 1 heterocycles. The average Bonchev–Trinajstić information content (AvgIpc) is 3.01. The number of carbonyl (C=O) groups excluding carboxylic acids is 2. The number of aliphatic hydroxyl groups excluding tert-OH is 1. The lowest BCUT2D eigenvalue weighted by Crippen LogP contribution is -2.43. The lowest BCUT2D eigenvalue weighted by atomic mass is 10.1. The molecule has 25 heavy (non-hydrogen) atoms. The number of benzene rings is 1. The van der Waals surface area contributed by atoms with Crippen molar-refractivity contribution in [3.8, 4) is 0 Å². The maximum Gasteiger partial charge on any atom is 0.416 e. The molecule has 138 valence electrons. The van der Waals surface area contributed by atoms with Crippen LogP contribution in [0.2, 0.25) is 0 Å². The van der Waals surface area contributed by atoms with E-state index in [1.807, 2.05) is 0 Å². The highest BCUT2D eigenvalue weighted by Crippen LogP contribution is 2.30. The highest BCUT2D eigenvalue weighted by atomic mass is 19.4. The first kappa shape index (κ1) is 19.2.